The van der Waals surface area contributed by atoms with Crippen LogP contribution in [0.15, 0.2) is 0 Å². The summed E-state index contributed by atoms with van der Waals surface area (Å²) in [5.41, 5.74) is 0. The van der Waals surface area contributed by atoms with Gasteiger partial charge in [-0.1, -0.05) is 39.5 Å². The van der Waals surface area contributed by atoms with E-state index in [-0.39, 0.29) is 0 Å². The van der Waals surface area contributed by atoms with Crippen LogP contribution in [0.1, 0.15) is 65.2 Å². The molecule has 0 aromatic heterocycles. The van der Waals surface area contributed by atoms with Crippen LogP contribution in [0.25, 0.3) is 0 Å². The van der Waals surface area contributed by atoms with Gasteiger partial charge in [-0.05, 0) is 37.5 Å². The highest BCUT2D eigenvalue weighted by atomic mass is 15.1. The highest BCUT2D eigenvalue weighted by molar-refractivity contribution is 4.80. The predicted molar refractivity (Wildman–Crippen MR) is 74.0 cm³/mol. The molecule has 0 aromatic carbocycles. The van der Waals surface area contributed by atoms with Gasteiger partial charge in [-0.3, -0.25) is 0 Å². The zero-order chi connectivity index (χ0) is 12.1. The Morgan fingerprint density at radius 1 is 0.706 bits per heavy atom. The van der Waals surface area contributed by atoms with E-state index in [1.807, 2.05) is 0 Å². The summed E-state index contributed by atoms with van der Waals surface area (Å²) in [6, 6.07) is 1.52. The van der Waals surface area contributed by atoms with Gasteiger partial charge in [0.25, 0.3) is 0 Å². The van der Waals surface area contributed by atoms with Crippen molar-refractivity contribution in [2.24, 2.45) is 11.8 Å². The summed E-state index contributed by atoms with van der Waals surface area (Å²) in [6.45, 7) is 5.82. The lowest BCUT2D eigenvalue weighted by Crippen LogP contribution is -2.47. The van der Waals surface area contributed by atoms with Crippen molar-refractivity contribution in [1.29, 1.82) is 0 Å². The molecule has 2 N–H and O–H groups in total. The van der Waals surface area contributed by atoms with Crippen LogP contribution in [0.2, 0.25) is 0 Å². The fourth-order valence-electron chi connectivity index (χ4n) is 3.56. The Kier molecular flexibility index (Phi) is 5.30. The summed E-state index contributed by atoms with van der Waals surface area (Å²) in [5.74, 6) is 1.74. The molecule has 4 atom stereocenters. The lowest BCUT2D eigenvalue weighted by atomic mass is 9.85. The van der Waals surface area contributed by atoms with Gasteiger partial charge in [0.15, 0.2) is 0 Å². The average molecular weight is 238 g/mol. The minimum atomic E-state index is 0.759. The molecule has 2 rings (SSSR count). The molecule has 100 valence electrons. The normalized spacial score (nSPS) is 39.2. The lowest BCUT2D eigenvalue weighted by molar-refractivity contribution is 0.241. The molecule has 3 unspecified atom stereocenters. The summed E-state index contributed by atoms with van der Waals surface area (Å²) in [7, 11) is 0. The van der Waals surface area contributed by atoms with E-state index >= 15 is 0 Å². The molecule has 2 nitrogen and oxygen atoms in total. The van der Waals surface area contributed by atoms with Crippen molar-refractivity contribution in [2.45, 2.75) is 77.3 Å². The van der Waals surface area contributed by atoms with Crippen molar-refractivity contribution >= 4 is 0 Å². The second kappa shape index (κ2) is 6.75. The second-order valence-electron chi connectivity index (χ2n) is 6.32. The Morgan fingerprint density at radius 3 is 1.53 bits per heavy atom. The first-order valence-corrected chi connectivity index (χ1v) is 7.74. The van der Waals surface area contributed by atoms with Crippen LogP contribution < -0.4 is 10.6 Å². The van der Waals surface area contributed by atoms with E-state index in [9.17, 15) is 0 Å². The van der Waals surface area contributed by atoms with Gasteiger partial charge in [0.2, 0.25) is 0 Å². The minimum absolute atomic E-state index is 0.759. The lowest BCUT2D eigenvalue weighted by Gasteiger charge is -2.33. The average Bonchev–Trinajstić information content (AvgIpc) is 2.34. The molecule has 0 spiro atoms. The highest BCUT2D eigenvalue weighted by Gasteiger charge is 2.23. The van der Waals surface area contributed by atoms with Gasteiger partial charge >= 0.3 is 0 Å². The van der Waals surface area contributed by atoms with E-state index in [2.05, 4.69) is 24.5 Å². The van der Waals surface area contributed by atoms with Gasteiger partial charge in [0.05, 0.1) is 0 Å². The minimum Gasteiger partial charge on any atom is -0.301 e. The molecule has 0 aliphatic heterocycles. The van der Waals surface area contributed by atoms with Gasteiger partial charge in [-0.15, -0.1) is 0 Å². The smallest absolute Gasteiger partial charge is 0.0458 e. The Bertz CT molecular complexity index is 195. The van der Waals surface area contributed by atoms with E-state index in [0.29, 0.717) is 0 Å². The van der Waals surface area contributed by atoms with Crippen molar-refractivity contribution in [3.63, 3.8) is 0 Å². The summed E-state index contributed by atoms with van der Waals surface area (Å²) < 4.78 is 0. The first-order valence-electron chi connectivity index (χ1n) is 7.74. The topological polar surface area (TPSA) is 24.1 Å². The van der Waals surface area contributed by atoms with Gasteiger partial charge in [0, 0.05) is 18.8 Å². The predicted octanol–water partition coefficient (Wildman–Crippen LogP) is 3.28. The SMILES string of the molecule is CC1CCCCC1NCN[C@@H]1CCCCC1C. The molecule has 17 heavy (non-hydrogen) atoms. The van der Waals surface area contributed by atoms with E-state index in [4.69, 9.17) is 0 Å². The number of nitrogens with one attached hydrogen (secondary N) is 2. The van der Waals surface area contributed by atoms with Crippen LogP contribution in [-0.2, 0) is 0 Å². The fraction of sp³-hybridized carbons (Fsp3) is 1.00. The summed E-state index contributed by atoms with van der Waals surface area (Å²) in [6.07, 6.45) is 11.3. The summed E-state index contributed by atoms with van der Waals surface area (Å²) >= 11 is 0. The third-order valence-electron chi connectivity index (χ3n) is 4.95. The van der Waals surface area contributed by atoms with Gasteiger partial charge in [0.1, 0.15) is 0 Å². The summed E-state index contributed by atoms with van der Waals surface area (Å²) in [4.78, 5) is 0. The molecule has 0 aromatic rings. The second-order valence-corrected chi connectivity index (χ2v) is 6.32. The molecule has 2 fully saturated rings. The number of hydrogen-bond acceptors (Lipinski definition) is 2. The van der Waals surface area contributed by atoms with Gasteiger partial charge in [-0.2, -0.15) is 0 Å². The maximum atomic E-state index is 3.73. The molecule has 2 saturated carbocycles. The van der Waals surface area contributed by atoms with E-state index in [0.717, 1.165) is 30.6 Å². The molecular weight excluding hydrogens is 208 g/mol. The molecule has 0 bridgehead atoms. The van der Waals surface area contributed by atoms with Crippen molar-refractivity contribution in [2.75, 3.05) is 6.67 Å². The molecule has 0 radical (unpaired) electrons. The molecular formula is C15H30N2. The monoisotopic (exact) mass is 238 g/mol. The third-order valence-corrected chi connectivity index (χ3v) is 4.95. The van der Waals surface area contributed by atoms with Gasteiger partial charge < -0.3 is 10.6 Å². The summed E-state index contributed by atoms with van der Waals surface area (Å²) in [5, 5.41) is 7.46. The number of hydrogen-bond donors (Lipinski definition) is 2. The standard InChI is InChI=1S/C15H30N2/c1-12-7-3-5-9-14(12)16-11-17-15-10-6-4-8-13(15)2/h12-17H,3-11H2,1-2H3/t12?,13?,14-,15?/m1/s1. The molecule has 0 amide bonds. The highest BCUT2D eigenvalue weighted by Crippen LogP contribution is 2.25. The van der Waals surface area contributed by atoms with Crippen molar-refractivity contribution in [1.82, 2.24) is 10.6 Å². The van der Waals surface area contributed by atoms with E-state index in [1.54, 1.807) is 0 Å². The fourth-order valence-corrected chi connectivity index (χ4v) is 3.56. The Hall–Kier alpha value is -0.0800. The Balaban J connectivity index is 1.64. The molecule has 2 aliphatic carbocycles. The number of rotatable bonds is 4. The van der Waals surface area contributed by atoms with E-state index in [1.165, 1.54) is 51.4 Å². The molecule has 0 heterocycles. The van der Waals surface area contributed by atoms with Crippen molar-refractivity contribution in [3.8, 4) is 0 Å². The quantitative estimate of drug-likeness (QED) is 0.735. The van der Waals surface area contributed by atoms with Crippen LogP contribution >= 0.6 is 0 Å². The first kappa shape index (κ1) is 13.4. The Labute approximate surface area is 107 Å². The van der Waals surface area contributed by atoms with E-state index < -0.39 is 0 Å². The zero-order valence-corrected chi connectivity index (χ0v) is 11.7. The largest absolute Gasteiger partial charge is 0.301 e. The third kappa shape index (κ3) is 3.96. The van der Waals surface area contributed by atoms with Crippen LogP contribution in [0, 0.1) is 11.8 Å². The molecule has 0 saturated heterocycles. The van der Waals surface area contributed by atoms with Crippen molar-refractivity contribution in [3.05, 3.63) is 0 Å². The van der Waals surface area contributed by atoms with Crippen LogP contribution in [0.4, 0.5) is 0 Å². The first-order chi connectivity index (χ1) is 8.27. The maximum absolute atomic E-state index is 3.73. The van der Waals surface area contributed by atoms with Crippen LogP contribution in [-0.4, -0.2) is 18.8 Å². The maximum Gasteiger partial charge on any atom is 0.0458 e. The molecule has 2 heteroatoms. The molecule has 2 aliphatic rings. The van der Waals surface area contributed by atoms with Crippen molar-refractivity contribution < 1.29 is 0 Å². The Morgan fingerprint density at radius 2 is 1.12 bits per heavy atom. The van der Waals surface area contributed by atoms with Crippen LogP contribution in [0.3, 0.4) is 0 Å². The van der Waals surface area contributed by atoms with Crippen LogP contribution in [0.5, 0.6) is 0 Å². The van der Waals surface area contributed by atoms with Gasteiger partial charge in [-0.25, -0.2) is 0 Å². The zero-order valence-electron chi connectivity index (χ0n) is 11.7.